The minimum Gasteiger partial charge on any atom is -0.497 e. The Morgan fingerprint density at radius 3 is 2.67 bits per heavy atom. The van der Waals surface area contributed by atoms with E-state index in [0.29, 0.717) is 5.92 Å². The highest BCUT2D eigenvalue weighted by Gasteiger charge is 2.06. The number of nitrogens with zero attached hydrogens (tertiary/aromatic N) is 2. The summed E-state index contributed by atoms with van der Waals surface area (Å²) in [5.41, 5.74) is 2.44. The summed E-state index contributed by atoms with van der Waals surface area (Å²) >= 11 is 1.74. The van der Waals surface area contributed by atoms with Gasteiger partial charge in [-0.05, 0) is 50.3 Å². The van der Waals surface area contributed by atoms with Crippen molar-refractivity contribution in [2.45, 2.75) is 46.0 Å². The van der Waals surface area contributed by atoms with Gasteiger partial charge in [0.2, 0.25) is 0 Å². The summed E-state index contributed by atoms with van der Waals surface area (Å²) in [4.78, 5) is 9.19. The number of guanidine groups is 1. The molecule has 0 aliphatic heterocycles. The molecule has 0 amide bonds. The van der Waals surface area contributed by atoms with Crippen molar-refractivity contribution in [2.75, 3.05) is 26.7 Å². The first kappa shape index (κ1) is 21.2. The van der Waals surface area contributed by atoms with Crippen molar-refractivity contribution in [3.63, 3.8) is 0 Å². The van der Waals surface area contributed by atoms with E-state index < -0.39 is 0 Å². The van der Waals surface area contributed by atoms with Gasteiger partial charge in [-0.1, -0.05) is 19.1 Å². The number of nitrogens with one attached hydrogen (secondary N) is 2. The van der Waals surface area contributed by atoms with Gasteiger partial charge < -0.3 is 15.4 Å². The molecule has 6 heteroatoms. The first-order valence-electron chi connectivity index (χ1n) is 9.69. The summed E-state index contributed by atoms with van der Waals surface area (Å²) in [7, 11) is 1.70. The zero-order valence-corrected chi connectivity index (χ0v) is 17.7. The van der Waals surface area contributed by atoms with Crippen LogP contribution in [0.5, 0.6) is 5.75 Å². The molecule has 0 saturated carbocycles. The fourth-order valence-corrected chi connectivity index (χ4v) is 3.60. The maximum atomic E-state index is 5.22. The van der Waals surface area contributed by atoms with Crippen LogP contribution in [0.15, 0.2) is 34.6 Å². The zero-order chi connectivity index (χ0) is 19.5. The number of aromatic nitrogens is 1. The molecule has 2 rings (SSSR count). The summed E-state index contributed by atoms with van der Waals surface area (Å²) in [5.74, 6) is 2.28. The second kappa shape index (κ2) is 11.6. The summed E-state index contributed by atoms with van der Waals surface area (Å²) in [6.07, 6.45) is 3.07. The van der Waals surface area contributed by atoms with Crippen LogP contribution in [-0.4, -0.2) is 37.7 Å². The molecule has 1 unspecified atom stereocenters. The van der Waals surface area contributed by atoms with Crippen LogP contribution >= 0.6 is 11.3 Å². The number of aliphatic imine (C=N–C) groups is 1. The van der Waals surface area contributed by atoms with Gasteiger partial charge >= 0.3 is 0 Å². The first-order chi connectivity index (χ1) is 13.1. The molecule has 0 aliphatic rings. The average Bonchev–Trinajstić information content (AvgIpc) is 3.10. The third-order valence-electron chi connectivity index (χ3n) is 4.38. The maximum absolute atomic E-state index is 5.22. The Kier molecular flexibility index (Phi) is 9.11. The van der Waals surface area contributed by atoms with Gasteiger partial charge in [-0.25, -0.2) is 4.98 Å². The molecule has 27 heavy (non-hydrogen) atoms. The van der Waals surface area contributed by atoms with Gasteiger partial charge in [0, 0.05) is 37.1 Å². The minimum absolute atomic E-state index is 0.486. The van der Waals surface area contributed by atoms with Crippen molar-refractivity contribution in [2.24, 2.45) is 4.99 Å². The lowest BCUT2D eigenvalue weighted by Crippen LogP contribution is -2.38. The molecule has 1 atom stereocenters. The molecule has 0 saturated heterocycles. The number of hydrogen-bond acceptors (Lipinski definition) is 4. The molecule has 2 N–H and O–H groups in total. The quantitative estimate of drug-likeness (QED) is 0.365. The van der Waals surface area contributed by atoms with Crippen LogP contribution in [-0.2, 0) is 6.42 Å². The van der Waals surface area contributed by atoms with Gasteiger partial charge in [0.15, 0.2) is 5.96 Å². The van der Waals surface area contributed by atoms with E-state index in [1.165, 1.54) is 10.6 Å². The molecule has 0 bridgehead atoms. The van der Waals surface area contributed by atoms with Crippen molar-refractivity contribution < 1.29 is 4.74 Å². The van der Waals surface area contributed by atoms with Crippen molar-refractivity contribution >= 4 is 17.3 Å². The highest BCUT2D eigenvalue weighted by Crippen LogP contribution is 2.21. The van der Waals surface area contributed by atoms with Gasteiger partial charge in [0.25, 0.3) is 0 Å². The van der Waals surface area contributed by atoms with Gasteiger partial charge in [0.1, 0.15) is 5.75 Å². The van der Waals surface area contributed by atoms with Gasteiger partial charge in [-0.3, -0.25) is 4.99 Å². The van der Waals surface area contributed by atoms with E-state index in [1.54, 1.807) is 18.4 Å². The average molecular weight is 389 g/mol. The predicted molar refractivity (Wildman–Crippen MR) is 115 cm³/mol. The van der Waals surface area contributed by atoms with Crippen LogP contribution in [0.4, 0.5) is 0 Å². The Labute approximate surface area is 167 Å². The van der Waals surface area contributed by atoms with E-state index in [9.17, 15) is 0 Å². The van der Waals surface area contributed by atoms with Gasteiger partial charge in [0.05, 0.1) is 12.1 Å². The van der Waals surface area contributed by atoms with Crippen LogP contribution < -0.4 is 15.4 Å². The first-order valence-corrected chi connectivity index (χ1v) is 10.6. The van der Waals surface area contributed by atoms with E-state index in [4.69, 9.17) is 4.74 Å². The molecule has 1 heterocycles. The van der Waals surface area contributed by atoms with E-state index in [1.807, 2.05) is 19.1 Å². The fourth-order valence-electron chi connectivity index (χ4n) is 2.79. The Hall–Kier alpha value is -2.08. The Morgan fingerprint density at radius 1 is 1.26 bits per heavy atom. The lowest BCUT2D eigenvalue weighted by atomic mass is 9.98. The highest BCUT2D eigenvalue weighted by atomic mass is 32.1. The smallest absolute Gasteiger partial charge is 0.191 e. The molecule has 0 aliphatic carbocycles. The van der Waals surface area contributed by atoms with Gasteiger partial charge in [-0.15, -0.1) is 11.3 Å². The number of ether oxygens (including phenoxy) is 1. The zero-order valence-electron chi connectivity index (χ0n) is 16.9. The lowest BCUT2D eigenvalue weighted by Gasteiger charge is -2.15. The van der Waals surface area contributed by atoms with Crippen LogP contribution in [0.25, 0.3) is 0 Å². The summed E-state index contributed by atoms with van der Waals surface area (Å²) in [5, 5.41) is 10.1. The molecule has 1 aromatic carbocycles. The van der Waals surface area contributed by atoms with Crippen LogP contribution in [0.1, 0.15) is 48.9 Å². The van der Waals surface area contributed by atoms with Crippen molar-refractivity contribution in [3.8, 4) is 5.75 Å². The van der Waals surface area contributed by atoms with Crippen LogP contribution in [0.2, 0.25) is 0 Å². The predicted octanol–water partition coefficient (Wildman–Crippen LogP) is 4.14. The molecule has 148 valence electrons. The van der Waals surface area contributed by atoms with E-state index >= 15 is 0 Å². The van der Waals surface area contributed by atoms with E-state index in [2.05, 4.69) is 52.0 Å². The van der Waals surface area contributed by atoms with E-state index in [-0.39, 0.29) is 0 Å². The van der Waals surface area contributed by atoms with Crippen LogP contribution in [0.3, 0.4) is 0 Å². The third kappa shape index (κ3) is 7.59. The number of aryl methyl sites for hydroxylation is 2. The SMILES string of the molecule is CCNC(=NCCCc1nc(C)cs1)NCCC(C)c1ccc(OC)cc1. The molecule has 0 fully saturated rings. The number of hydrogen-bond donors (Lipinski definition) is 2. The van der Waals surface area contributed by atoms with Crippen molar-refractivity contribution in [3.05, 3.63) is 45.9 Å². The molecule has 5 nitrogen and oxygen atoms in total. The molecule has 0 radical (unpaired) electrons. The maximum Gasteiger partial charge on any atom is 0.191 e. The fraction of sp³-hybridized carbons (Fsp3) is 0.524. The Balaban J connectivity index is 1.73. The minimum atomic E-state index is 0.486. The highest BCUT2D eigenvalue weighted by molar-refractivity contribution is 7.09. The Bertz CT molecular complexity index is 696. The third-order valence-corrected chi connectivity index (χ3v) is 5.41. The monoisotopic (exact) mass is 388 g/mol. The number of benzene rings is 1. The largest absolute Gasteiger partial charge is 0.497 e. The molecular formula is C21H32N4OS. The summed E-state index contributed by atoms with van der Waals surface area (Å²) in [6.45, 7) is 8.95. The van der Waals surface area contributed by atoms with E-state index in [0.717, 1.165) is 56.3 Å². The molecule has 2 aromatic rings. The Morgan fingerprint density at radius 2 is 2.04 bits per heavy atom. The number of rotatable bonds is 10. The van der Waals surface area contributed by atoms with Gasteiger partial charge in [-0.2, -0.15) is 0 Å². The normalized spacial score (nSPS) is 12.7. The number of methoxy groups -OCH3 is 1. The second-order valence-corrected chi connectivity index (χ2v) is 7.58. The second-order valence-electron chi connectivity index (χ2n) is 6.64. The molecule has 1 aromatic heterocycles. The summed E-state index contributed by atoms with van der Waals surface area (Å²) < 4.78 is 5.22. The molecule has 0 spiro atoms. The summed E-state index contributed by atoms with van der Waals surface area (Å²) in [6, 6.07) is 8.33. The number of thiazole rings is 1. The van der Waals surface area contributed by atoms with Crippen molar-refractivity contribution in [1.29, 1.82) is 0 Å². The lowest BCUT2D eigenvalue weighted by molar-refractivity contribution is 0.414. The standard InChI is InChI=1S/C21H32N4OS/c1-5-22-21(23-13-6-7-20-25-17(3)15-27-20)24-14-12-16(2)18-8-10-19(26-4)11-9-18/h8-11,15-16H,5-7,12-14H2,1-4H3,(H2,22,23,24). The van der Waals surface area contributed by atoms with Crippen LogP contribution in [0, 0.1) is 6.92 Å². The van der Waals surface area contributed by atoms with Crippen molar-refractivity contribution in [1.82, 2.24) is 15.6 Å². The topological polar surface area (TPSA) is 58.5 Å². The molecular weight excluding hydrogens is 356 g/mol.